The highest BCUT2D eigenvalue weighted by Gasteiger charge is 2.14. The molecule has 0 radical (unpaired) electrons. The molecule has 31 heavy (non-hydrogen) atoms. The Bertz CT molecular complexity index is 1190. The van der Waals surface area contributed by atoms with E-state index in [2.05, 4.69) is 21.2 Å². The highest BCUT2D eigenvalue weighted by Crippen LogP contribution is 2.33. The van der Waals surface area contributed by atoms with Crippen LogP contribution in [0, 0.1) is 11.3 Å². The maximum atomic E-state index is 12.5. The van der Waals surface area contributed by atoms with E-state index in [-0.39, 0.29) is 5.57 Å². The van der Waals surface area contributed by atoms with Gasteiger partial charge in [-0.25, -0.2) is 0 Å². The van der Waals surface area contributed by atoms with Gasteiger partial charge in [0.1, 0.15) is 17.4 Å². The highest BCUT2D eigenvalue weighted by atomic mass is 79.9. The van der Waals surface area contributed by atoms with Gasteiger partial charge in [-0.2, -0.15) is 5.26 Å². The molecular weight excluding hydrogens is 499 g/mol. The van der Waals surface area contributed by atoms with Crippen molar-refractivity contribution >= 4 is 56.8 Å². The molecule has 0 atom stereocenters. The molecule has 0 bridgehead atoms. The van der Waals surface area contributed by atoms with E-state index in [1.807, 2.05) is 30.3 Å². The number of hydrogen-bond acceptors (Lipinski definition) is 3. The number of rotatable bonds is 6. The average Bonchev–Trinajstić information content (AvgIpc) is 2.76. The number of hydrogen-bond donors (Lipinski definition) is 1. The first-order valence-corrected chi connectivity index (χ1v) is 10.7. The van der Waals surface area contributed by atoms with Crippen molar-refractivity contribution in [3.63, 3.8) is 0 Å². The van der Waals surface area contributed by atoms with Crippen LogP contribution in [0.1, 0.15) is 16.7 Å². The van der Waals surface area contributed by atoms with Gasteiger partial charge in [-0.15, -0.1) is 0 Å². The lowest BCUT2D eigenvalue weighted by atomic mass is 10.0. The predicted octanol–water partition coefficient (Wildman–Crippen LogP) is 6.90. The molecule has 3 aromatic carbocycles. The minimum absolute atomic E-state index is 0.0633. The number of carbonyl (C=O) groups is 1. The molecule has 4 nitrogen and oxygen atoms in total. The molecular formula is C24H17BrCl2N2O2. The number of anilines is 1. The second kappa shape index (κ2) is 10.5. The number of nitriles is 1. The van der Waals surface area contributed by atoms with Crippen molar-refractivity contribution in [1.82, 2.24) is 0 Å². The Balaban J connectivity index is 1.89. The van der Waals surface area contributed by atoms with Crippen molar-refractivity contribution in [1.29, 1.82) is 5.26 Å². The Morgan fingerprint density at radius 3 is 2.52 bits per heavy atom. The highest BCUT2D eigenvalue weighted by molar-refractivity contribution is 9.10. The van der Waals surface area contributed by atoms with Crippen LogP contribution in [-0.2, 0) is 11.2 Å². The zero-order valence-electron chi connectivity index (χ0n) is 16.5. The fraction of sp³-hybridized carbons (Fsp3) is 0.0833. The molecule has 0 saturated heterocycles. The van der Waals surface area contributed by atoms with E-state index < -0.39 is 5.91 Å². The monoisotopic (exact) mass is 514 g/mol. The van der Waals surface area contributed by atoms with Crippen molar-refractivity contribution in [2.75, 3.05) is 12.4 Å². The number of methoxy groups -OCH3 is 1. The molecule has 0 unspecified atom stereocenters. The van der Waals surface area contributed by atoms with E-state index in [0.29, 0.717) is 33.5 Å². The molecule has 1 N–H and O–H groups in total. The van der Waals surface area contributed by atoms with Crippen LogP contribution in [-0.4, -0.2) is 13.0 Å². The van der Waals surface area contributed by atoms with E-state index in [9.17, 15) is 10.1 Å². The molecule has 7 heteroatoms. The van der Waals surface area contributed by atoms with Crippen LogP contribution in [0.15, 0.2) is 70.7 Å². The van der Waals surface area contributed by atoms with Crippen molar-refractivity contribution in [2.45, 2.75) is 6.42 Å². The quantitative estimate of drug-likeness (QED) is 0.287. The fourth-order valence-corrected chi connectivity index (χ4v) is 3.78. The number of carbonyl (C=O) groups excluding carboxylic acids is 1. The average molecular weight is 516 g/mol. The molecule has 3 rings (SSSR count). The summed E-state index contributed by atoms with van der Waals surface area (Å²) in [6.45, 7) is 0. The van der Waals surface area contributed by atoms with Gasteiger partial charge in [0.25, 0.3) is 5.91 Å². The maximum absolute atomic E-state index is 12.5. The van der Waals surface area contributed by atoms with Gasteiger partial charge in [-0.05, 0) is 59.7 Å². The summed E-state index contributed by atoms with van der Waals surface area (Å²) < 4.78 is 6.51. The van der Waals surface area contributed by atoms with E-state index in [4.69, 9.17) is 27.9 Å². The summed E-state index contributed by atoms with van der Waals surface area (Å²) in [5.74, 6) is 0.0436. The molecule has 0 aliphatic carbocycles. The molecule has 0 aliphatic rings. The van der Waals surface area contributed by atoms with Crippen LogP contribution < -0.4 is 10.1 Å². The van der Waals surface area contributed by atoms with Gasteiger partial charge >= 0.3 is 0 Å². The Morgan fingerprint density at radius 2 is 1.87 bits per heavy atom. The zero-order valence-corrected chi connectivity index (χ0v) is 19.6. The van der Waals surface area contributed by atoms with Gasteiger partial charge in [0.2, 0.25) is 0 Å². The van der Waals surface area contributed by atoms with E-state index >= 15 is 0 Å². The minimum Gasteiger partial charge on any atom is -0.496 e. The van der Waals surface area contributed by atoms with Gasteiger partial charge in [0.15, 0.2) is 0 Å². The normalized spacial score (nSPS) is 11.0. The second-order valence-corrected chi connectivity index (χ2v) is 8.28. The van der Waals surface area contributed by atoms with Gasteiger partial charge in [0, 0.05) is 32.2 Å². The van der Waals surface area contributed by atoms with Crippen molar-refractivity contribution < 1.29 is 9.53 Å². The Hall–Kier alpha value is -2.78. The summed E-state index contributed by atoms with van der Waals surface area (Å²) >= 11 is 16.0. The summed E-state index contributed by atoms with van der Waals surface area (Å²) in [5, 5.41) is 13.2. The Kier molecular flexibility index (Phi) is 7.75. The number of benzene rings is 3. The number of ether oxygens (including phenoxy) is 1. The zero-order chi connectivity index (χ0) is 22.4. The number of halogens is 3. The standard InChI is InChI=1S/C24H17BrCl2N2O2/c1-31-23-12-15(11-22(27)20(23)13-16-4-2-3-5-21(16)25)10-17(14-28)24(30)29-19-8-6-18(26)7-9-19/h2-12H,13H2,1H3,(H,29,30)/b17-10+. The first-order chi connectivity index (χ1) is 14.9. The van der Waals surface area contributed by atoms with Crippen molar-refractivity contribution in [3.8, 4) is 11.8 Å². The molecule has 0 heterocycles. The van der Waals surface area contributed by atoms with E-state index in [1.54, 1.807) is 43.5 Å². The van der Waals surface area contributed by atoms with Crippen LogP contribution in [0.5, 0.6) is 5.75 Å². The molecule has 0 aliphatic heterocycles. The summed E-state index contributed by atoms with van der Waals surface area (Å²) in [6, 6.07) is 19.9. The molecule has 156 valence electrons. The first-order valence-electron chi connectivity index (χ1n) is 9.19. The summed E-state index contributed by atoms with van der Waals surface area (Å²) in [6.07, 6.45) is 2.04. The maximum Gasteiger partial charge on any atom is 0.266 e. The molecule has 0 spiro atoms. The van der Waals surface area contributed by atoms with Gasteiger partial charge in [-0.1, -0.05) is 57.3 Å². The fourth-order valence-electron chi connectivity index (χ4n) is 2.95. The lowest BCUT2D eigenvalue weighted by Gasteiger charge is -2.13. The lowest BCUT2D eigenvalue weighted by Crippen LogP contribution is -2.13. The predicted molar refractivity (Wildman–Crippen MR) is 129 cm³/mol. The summed E-state index contributed by atoms with van der Waals surface area (Å²) in [5.41, 5.74) is 2.94. The third-order valence-corrected chi connectivity index (χ3v) is 5.86. The molecule has 3 aromatic rings. The van der Waals surface area contributed by atoms with Crippen molar-refractivity contribution in [2.24, 2.45) is 0 Å². The van der Waals surface area contributed by atoms with Crippen LogP contribution in [0.2, 0.25) is 10.0 Å². The third-order valence-electron chi connectivity index (χ3n) is 4.50. The smallest absolute Gasteiger partial charge is 0.266 e. The van der Waals surface area contributed by atoms with Gasteiger partial charge < -0.3 is 10.1 Å². The van der Waals surface area contributed by atoms with Crippen LogP contribution >= 0.6 is 39.1 Å². The molecule has 0 fully saturated rings. The molecule has 0 aromatic heterocycles. The van der Waals surface area contributed by atoms with E-state index in [1.165, 1.54) is 6.08 Å². The Morgan fingerprint density at radius 1 is 1.16 bits per heavy atom. The van der Waals surface area contributed by atoms with Crippen LogP contribution in [0.25, 0.3) is 6.08 Å². The topological polar surface area (TPSA) is 62.1 Å². The molecule has 1 amide bonds. The number of amides is 1. The minimum atomic E-state index is -0.530. The SMILES string of the molecule is COc1cc(/C=C(\C#N)C(=O)Nc2ccc(Cl)cc2)cc(Cl)c1Cc1ccccc1Br. The summed E-state index contributed by atoms with van der Waals surface area (Å²) in [4.78, 5) is 12.5. The second-order valence-electron chi connectivity index (χ2n) is 6.58. The van der Waals surface area contributed by atoms with E-state index in [0.717, 1.165) is 15.6 Å². The lowest BCUT2D eigenvalue weighted by molar-refractivity contribution is -0.112. The van der Waals surface area contributed by atoms with Crippen molar-refractivity contribution in [3.05, 3.63) is 97.4 Å². The van der Waals surface area contributed by atoms with Gasteiger partial charge in [-0.3, -0.25) is 4.79 Å². The largest absolute Gasteiger partial charge is 0.496 e. The van der Waals surface area contributed by atoms with Crippen LogP contribution in [0.4, 0.5) is 5.69 Å². The van der Waals surface area contributed by atoms with Gasteiger partial charge in [0.05, 0.1) is 7.11 Å². The third kappa shape index (κ3) is 5.89. The molecule has 0 saturated carbocycles. The number of nitrogens with one attached hydrogen (secondary N) is 1. The Labute approximate surface area is 199 Å². The van der Waals surface area contributed by atoms with Crippen LogP contribution in [0.3, 0.4) is 0 Å². The first kappa shape index (κ1) is 22.9. The number of nitrogens with zero attached hydrogens (tertiary/aromatic N) is 1. The summed E-state index contributed by atoms with van der Waals surface area (Å²) in [7, 11) is 1.56.